The molecule has 3 N–H and O–H groups in total. The van der Waals surface area contributed by atoms with Crippen LogP contribution in [0.5, 0.6) is 11.5 Å². The predicted octanol–water partition coefficient (Wildman–Crippen LogP) is 3.57. The van der Waals surface area contributed by atoms with Gasteiger partial charge in [-0.15, -0.1) is 0 Å². The van der Waals surface area contributed by atoms with E-state index in [1.54, 1.807) is 63.2 Å². The lowest BCUT2D eigenvalue weighted by Crippen LogP contribution is -2.37. The molecule has 32 heavy (non-hydrogen) atoms. The molecule has 172 valence electrons. The molecule has 0 radical (unpaired) electrons. The fourth-order valence-corrected chi connectivity index (χ4v) is 2.49. The summed E-state index contributed by atoms with van der Waals surface area (Å²) in [6.07, 6.45) is -0.670. The van der Waals surface area contributed by atoms with Gasteiger partial charge < -0.3 is 30.2 Å². The van der Waals surface area contributed by atoms with Crippen molar-refractivity contribution in [3.8, 4) is 11.5 Å². The molecular weight excluding hydrogens is 414 g/mol. The number of carbonyl (C=O) groups is 3. The van der Waals surface area contributed by atoms with E-state index in [0.717, 1.165) is 0 Å². The summed E-state index contributed by atoms with van der Waals surface area (Å²) in [7, 11) is 0. The van der Waals surface area contributed by atoms with Crippen LogP contribution in [0.3, 0.4) is 0 Å². The van der Waals surface area contributed by atoms with Crippen molar-refractivity contribution in [3.63, 3.8) is 0 Å². The van der Waals surface area contributed by atoms with Crippen molar-refractivity contribution in [2.24, 2.45) is 0 Å². The summed E-state index contributed by atoms with van der Waals surface area (Å²) in [5.41, 5.74) is 0.417. The monoisotopic (exact) mass is 443 g/mol. The smallest absolute Gasteiger partial charge is 0.408 e. The van der Waals surface area contributed by atoms with Crippen LogP contribution in [0.4, 0.5) is 16.2 Å². The molecule has 2 rings (SSSR count). The Balaban J connectivity index is 1.78. The average molecular weight is 444 g/mol. The fourth-order valence-electron chi connectivity index (χ4n) is 2.49. The highest BCUT2D eigenvalue weighted by Crippen LogP contribution is 2.26. The summed E-state index contributed by atoms with van der Waals surface area (Å²) < 4.78 is 16.1. The van der Waals surface area contributed by atoms with Gasteiger partial charge >= 0.3 is 6.09 Å². The number of amides is 3. The first-order valence-electron chi connectivity index (χ1n) is 10.2. The van der Waals surface area contributed by atoms with Crippen LogP contribution in [0, 0.1) is 0 Å². The number of nitrogens with one attached hydrogen (secondary N) is 3. The first-order valence-corrected chi connectivity index (χ1v) is 10.2. The minimum Gasteiger partial charge on any atom is -0.490 e. The van der Waals surface area contributed by atoms with Gasteiger partial charge in [0, 0.05) is 11.4 Å². The first-order chi connectivity index (χ1) is 15.2. The SMILES string of the molecule is CCOc1ccccc1OCC(=O)Nc1ccc(NC(=O)CNC(=O)OC(C)(C)C)cc1. The van der Waals surface area contributed by atoms with Crippen LogP contribution < -0.4 is 25.4 Å². The molecule has 0 fully saturated rings. The Morgan fingerprint density at radius 1 is 0.812 bits per heavy atom. The van der Waals surface area contributed by atoms with Gasteiger partial charge in [-0.1, -0.05) is 12.1 Å². The summed E-state index contributed by atoms with van der Waals surface area (Å²) in [4.78, 5) is 35.7. The number of benzene rings is 2. The lowest BCUT2D eigenvalue weighted by molar-refractivity contribution is -0.118. The first kappa shape index (κ1) is 24.5. The molecule has 9 heteroatoms. The van der Waals surface area contributed by atoms with Crippen LogP contribution >= 0.6 is 0 Å². The summed E-state index contributed by atoms with van der Waals surface area (Å²) in [5, 5.41) is 7.74. The number of hydrogen-bond donors (Lipinski definition) is 3. The van der Waals surface area contributed by atoms with Gasteiger partial charge in [0.1, 0.15) is 12.1 Å². The molecule has 0 saturated heterocycles. The number of rotatable bonds is 9. The van der Waals surface area contributed by atoms with E-state index in [1.165, 1.54) is 0 Å². The van der Waals surface area contributed by atoms with Gasteiger partial charge in [0.15, 0.2) is 18.1 Å². The van der Waals surface area contributed by atoms with E-state index in [9.17, 15) is 14.4 Å². The lowest BCUT2D eigenvalue weighted by atomic mass is 10.2. The topological polar surface area (TPSA) is 115 Å². The molecule has 0 aliphatic rings. The second-order valence-electron chi connectivity index (χ2n) is 7.70. The molecule has 0 aliphatic carbocycles. The van der Waals surface area contributed by atoms with E-state index < -0.39 is 17.6 Å². The van der Waals surface area contributed by atoms with E-state index in [4.69, 9.17) is 14.2 Å². The van der Waals surface area contributed by atoms with Crippen LogP contribution in [0.1, 0.15) is 27.7 Å². The minimum atomic E-state index is -0.670. The van der Waals surface area contributed by atoms with Crippen molar-refractivity contribution in [3.05, 3.63) is 48.5 Å². The van der Waals surface area contributed by atoms with Gasteiger partial charge in [-0.3, -0.25) is 9.59 Å². The van der Waals surface area contributed by atoms with Crippen molar-refractivity contribution >= 4 is 29.3 Å². The van der Waals surface area contributed by atoms with Crippen molar-refractivity contribution < 1.29 is 28.6 Å². The number of para-hydroxylation sites is 2. The maximum atomic E-state index is 12.2. The number of ether oxygens (including phenoxy) is 3. The molecule has 0 spiro atoms. The number of carbonyl (C=O) groups excluding carboxylic acids is 3. The second-order valence-corrected chi connectivity index (χ2v) is 7.70. The average Bonchev–Trinajstić information content (AvgIpc) is 2.72. The van der Waals surface area contributed by atoms with Gasteiger partial charge in [-0.25, -0.2) is 4.79 Å². The molecular formula is C23H29N3O6. The molecule has 3 amide bonds. The Morgan fingerprint density at radius 2 is 1.34 bits per heavy atom. The maximum absolute atomic E-state index is 12.2. The molecule has 0 aromatic heterocycles. The van der Waals surface area contributed by atoms with Crippen LogP contribution in [0.15, 0.2) is 48.5 Å². The number of hydrogen-bond acceptors (Lipinski definition) is 6. The zero-order valence-corrected chi connectivity index (χ0v) is 18.7. The largest absolute Gasteiger partial charge is 0.490 e. The highest BCUT2D eigenvalue weighted by Gasteiger charge is 2.16. The number of alkyl carbamates (subject to hydrolysis) is 1. The van der Waals surface area contributed by atoms with Gasteiger partial charge in [-0.2, -0.15) is 0 Å². The molecule has 0 saturated carbocycles. The molecule has 0 atom stereocenters. The molecule has 0 bridgehead atoms. The molecule has 0 unspecified atom stereocenters. The highest BCUT2D eigenvalue weighted by molar-refractivity contribution is 5.95. The fraction of sp³-hybridized carbons (Fsp3) is 0.348. The van der Waals surface area contributed by atoms with E-state index in [1.807, 2.05) is 13.0 Å². The third-order valence-electron chi connectivity index (χ3n) is 3.75. The normalized spacial score (nSPS) is 10.6. The molecule has 0 heterocycles. The summed E-state index contributed by atoms with van der Waals surface area (Å²) >= 11 is 0. The van der Waals surface area contributed by atoms with E-state index in [0.29, 0.717) is 29.5 Å². The van der Waals surface area contributed by atoms with Crippen LogP contribution in [-0.4, -0.2) is 43.3 Å². The zero-order valence-electron chi connectivity index (χ0n) is 18.7. The third kappa shape index (κ3) is 8.95. The van der Waals surface area contributed by atoms with Crippen molar-refractivity contribution in [1.82, 2.24) is 5.32 Å². The summed E-state index contributed by atoms with van der Waals surface area (Å²) in [6, 6.07) is 13.7. The Labute approximate surface area is 187 Å². The maximum Gasteiger partial charge on any atom is 0.408 e. The van der Waals surface area contributed by atoms with Crippen LogP contribution in [0.25, 0.3) is 0 Å². The van der Waals surface area contributed by atoms with E-state index in [2.05, 4.69) is 16.0 Å². The van der Waals surface area contributed by atoms with Crippen molar-refractivity contribution in [2.75, 3.05) is 30.4 Å². The van der Waals surface area contributed by atoms with E-state index in [-0.39, 0.29) is 19.1 Å². The van der Waals surface area contributed by atoms with Crippen molar-refractivity contribution in [1.29, 1.82) is 0 Å². The van der Waals surface area contributed by atoms with Gasteiger partial charge in [0.05, 0.1) is 6.61 Å². The predicted molar refractivity (Wildman–Crippen MR) is 121 cm³/mol. The molecule has 0 aliphatic heterocycles. The zero-order chi connectivity index (χ0) is 23.6. The van der Waals surface area contributed by atoms with E-state index >= 15 is 0 Å². The van der Waals surface area contributed by atoms with Gasteiger partial charge in [-0.05, 0) is 64.1 Å². The molecule has 9 nitrogen and oxygen atoms in total. The Hall–Kier alpha value is -3.75. The Morgan fingerprint density at radius 3 is 1.88 bits per heavy atom. The van der Waals surface area contributed by atoms with Gasteiger partial charge in [0.25, 0.3) is 5.91 Å². The summed E-state index contributed by atoms with van der Waals surface area (Å²) in [6.45, 7) is 7.16. The summed E-state index contributed by atoms with van der Waals surface area (Å²) in [5.74, 6) is 0.315. The Bertz CT molecular complexity index is 922. The van der Waals surface area contributed by atoms with Gasteiger partial charge in [0.2, 0.25) is 5.91 Å². The minimum absolute atomic E-state index is 0.182. The van der Waals surface area contributed by atoms with Crippen LogP contribution in [0.2, 0.25) is 0 Å². The lowest BCUT2D eigenvalue weighted by Gasteiger charge is -2.19. The third-order valence-corrected chi connectivity index (χ3v) is 3.75. The number of anilines is 2. The standard InChI is InChI=1S/C23H29N3O6/c1-5-30-18-8-6-7-9-19(18)31-15-21(28)26-17-12-10-16(11-13-17)25-20(27)14-24-22(29)32-23(2,3)4/h6-13H,5,14-15H2,1-4H3,(H,24,29)(H,25,27)(H,26,28). The highest BCUT2D eigenvalue weighted by atomic mass is 16.6. The quantitative estimate of drug-likeness (QED) is 0.546. The second kappa shape index (κ2) is 11.6. The Kier molecular flexibility index (Phi) is 8.88. The molecule has 2 aromatic rings. The van der Waals surface area contributed by atoms with Crippen LogP contribution in [-0.2, 0) is 14.3 Å². The van der Waals surface area contributed by atoms with Crippen molar-refractivity contribution in [2.45, 2.75) is 33.3 Å². The molecule has 2 aromatic carbocycles.